The molecule has 0 bridgehead atoms. The van der Waals surface area contributed by atoms with Crippen molar-refractivity contribution in [2.45, 2.75) is 33.3 Å². The molecule has 2 aromatic heterocycles. The predicted octanol–water partition coefficient (Wildman–Crippen LogP) is 2.36. The van der Waals surface area contributed by atoms with Crippen LogP contribution in [0.3, 0.4) is 0 Å². The Bertz CT molecular complexity index is 587. The largest absolute Gasteiger partial charge is 0.492 e. The average Bonchev–Trinajstić information content (AvgIpc) is 2.47. The van der Waals surface area contributed by atoms with E-state index in [-0.39, 0.29) is 0 Å². The number of aryl methyl sites for hydroxylation is 2. The summed E-state index contributed by atoms with van der Waals surface area (Å²) in [7, 11) is 0. The molecule has 0 aliphatic rings. The number of hydrogen-bond donors (Lipinski definition) is 1. The van der Waals surface area contributed by atoms with Gasteiger partial charge in [0.15, 0.2) is 0 Å². The molecule has 5 nitrogen and oxygen atoms in total. The minimum Gasteiger partial charge on any atom is -0.492 e. The van der Waals surface area contributed by atoms with Crippen molar-refractivity contribution in [2.75, 3.05) is 6.61 Å². The Morgan fingerprint density at radius 1 is 1.20 bits per heavy atom. The average molecular weight is 273 g/mol. The number of rotatable bonds is 5. The molecule has 1 N–H and O–H groups in total. The summed E-state index contributed by atoms with van der Waals surface area (Å²) >= 11 is 0. The number of hydrogen-bond acceptors (Lipinski definition) is 5. The predicted molar refractivity (Wildman–Crippen MR) is 75.6 cm³/mol. The summed E-state index contributed by atoms with van der Waals surface area (Å²) in [4.78, 5) is 4.12. The Labute approximate surface area is 118 Å². The van der Waals surface area contributed by atoms with E-state index in [9.17, 15) is 5.11 Å². The Morgan fingerprint density at radius 3 is 2.75 bits per heavy atom. The van der Waals surface area contributed by atoms with Crippen LogP contribution in [0.4, 0.5) is 0 Å². The molecule has 106 valence electrons. The molecule has 0 spiro atoms. The van der Waals surface area contributed by atoms with Crippen LogP contribution in [0.15, 0.2) is 24.5 Å². The molecule has 0 radical (unpaired) electrons. The summed E-state index contributed by atoms with van der Waals surface area (Å²) in [6.07, 6.45) is 3.44. The molecule has 0 saturated heterocycles. The van der Waals surface area contributed by atoms with Gasteiger partial charge in [0, 0.05) is 17.3 Å². The summed E-state index contributed by atoms with van der Waals surface area (Å²) in [6, 6.07) is 3.65. The van der Waals surface area contributed by atoms with Gasteiger partial charge in [-0.05, 0) is 32.4 Å². The maximum absolute atomic E-state index is 10.5. The zero-order chi connectivity index (χ0) is 14.5. The Kier molecular flexibility index (Phi) is 4.63. The van der Waals surface area contributed by atoms with Crippen LogP contribution in [-0.2, 0) is 0 Å². The van der Waals surface area contributed by atoms with Gasteiger partial charge in [-0.3, -0.25) is 4.98 Å². The molecule has 1 unspecified atom stereocenters. The smallest absolute Gasteiger partial charge is 0.137 e. The van der Waals surface area contributed by atoms with Crippen LogP contribution in [0.2, 0.25) is 0 Å². The standard InChI is InChI=1S/C15H19N3O2/c1-4-5-20-13-7-12(8-16-9-13)15(19)14-6-10(2)17-18-11(14)3/h6-9,15,19H,4-5H2,1-3H3. The molecule has 0 aliphatic heterocycles. The van der Waals surface area contributed by atoms with E-state index in [0.29, 0.717) is 23.6 Å². The van der Waals surface area contributed by atoms with Crippen LogP contribution in [0.1, 0.15) is 42.0 Å². The lowest BCUT2D eigenvalue weighted by molar-refractivity contribution is 0.217. The normalized spacial score (nSPS) is 12.2. The van der Waals surface area contributed by atoms with Crippen LogP contribution in [0.25, 0.3) is 0 Å². The van der Waals surface area contributed by atoms with Crippen LogP contribution in [0, 0.1) is 13.8 Å². The van der Waals surface area contributed by atoms with E-state index < -0.39 is 6.10 Å². The molecule has 20 heavy (non-hydrogen) atoms. The maximum atomic E-state index is 10.5. The van der Waals surface area contributed by atoms with Crippen molar-refractivity contribution < 1.29 is 9.84 Å². The third-order valence-corrected chi connectivity index (χ3v) is 2.96. The van der Waals surface area contributed by atoms with E-state index in [4.69, 9.17) is 4.74 Å². The molecule has 2 rings (SSSR count). The number of pyridine rings is 1. The second-order valence-corrected chi connectivity index (χ2v) is 4.73. The molecule has 1 atom stereocenters. The van der Waals surface area contributed by atoms with E-state index in [1.54, 1.807) is 12.4 Å². The van der Waals surface area contributed by atoms with E-state index in [1.807, 2.05) is 32.9 Å². The minimum atomic E-state index is -0.776. The summed E-state index contributed by atoms with van der Waals surface area (Å²) < 4.78 is 5.53. The SMILES string of the molecule is CCCOc1cncc(C(O)c2cc(C)nnc2C)c1. The zero-order valence-electron chi connectivity index (χ0n) is 12.0. The number of ether oxygens (including phenoxy) is 1. The zero-order valence-corrected chi connectivity index (χ0v) is 12.0. The van der Waals surface area contributed by atoms with Crippen molar-refractivity contribution in [3.63, 3.8) is 0 Å². The van der Waals surface area contributed by atoms with Gasteiger partial charge in [0.25, 0.3) is 0 Å². The van der Waals surface area contributed by atoms with Crippen LogP contribution >= 0.6 is 0 Å². The highest BCUT2D eigenvalue weighted by Gasteiger charge is 2.15. The lowest BCUT2D eigenvalue weighted by Gasteiger charge is -2.14. The molecular weight excluding hydrogens is 254 g/mol. The van der Waals surface area contributed by atoms with Gasteiger partial charge in [-0.2, -0.15) is 10.2 Å². The summed E-state index contributed by atoms with van der Waals surface area (Å²) in [5, 5.41) is 18.5. The fourth-order valence-electron chi connectivity index (χ4n) is 1.91. The fourth-order valence-corrected chi connectivity index (χ4v) is 1.91. The Morgan fingerprint density at radius 2 is 2.00 bits per heavy atom. The molecule has 5 heteroatoms. The monoisotopic (exact) mass is 273 g/mol. The van der Waals surface area contributed by atoms with Gasteiger partial charge in [-0.25, -0.2) is 0 Å². The molecule has 0 saturated carbocycles. The van der Waals surface area contributed by atoms with Crippen molar-refractivity contribution in [3.8, 4) is 5.75 Å². The van der Waals surface area contributed by atoms with Crippen LogP contribution < -0.4 is 4.74 Å². The van der Waals surface area contributed by atoms with Crippen molar-refractivity contribution in [1.29, 1.82) is 0 Å². The second-order valence-electron chi connectivity index (χ2n) is 4.73. The van der Waals surface area contributed by atoms with Gasteiger partial charge in [0.05, 0.1) is 24.2 Å². The van der Waals surface area contributed by atoms with Crippen LogP contribution in [0.5, 0.6) is 5.75 Å². The molecule has 0 amide bonds. The quantitative estimate of drug-likeness (QED) is 0.905. The second kappa shape index (κ2) is 6.43. The first-order valence-electron chi connectivity index (χ1n) is 6.68. The molecule has 2 heterocycles. The summed E-state index contributed by atoms with van der Waals surface area (Å²) in [6.45, 7) is 6.36. The lowest BCUT2D eigenvalue weighted by Crippen LogP contribution is -2.06. The first-order chi connectivity index (χ1) is 9.61. The number of nitrogens with zero attached hydrogens (tertiary/aromatic N) is 3. The van der Waals surface area contributed by atoms with Crippen molar-refractivity contribution in [1.82, 2.24) is 15.2 Å². The van der Waals surface area contributed by atoms with Gasteiger partial charge >= 0.3 is 0 Å². The lowest BCUT2D eigenvalue weighted by atomic mass is 10.0. The highest BCUT2D eigenvalue weighted by Crippen LogP contribution is 2.25. The summed E-state index contributed by atoms with van der Waals surface area (Å²) in [5.74, 6) is 0.666. The highest BCUT2D eigenvalue weighted by molar-refractivity contribution is 5.34. The number of aliphatic hydroxyl groups is 1. The number of aliphatic hydroxyl groups excluding tert-OH is 1. The van der Waals surface area contributed by atoms with Crippen molar-refractivity contribution >= 4 is 0 Å². The number of aromatic nitrogens is 3. The fraction of sp³-hybridized carbons (Fsp3) is 0.400. The van der Waals surface area contributed by atoms with Gasteiger partial charge in [0.2, 0.25) is 0 Å². The van der Waals surface area contributed by atoms with Crippen LogP contribution in [-0.4, -0.2) is 26.9 Å². The van der Waals surface area contributed by atoms with Gasteiger partial charge < -0.3 is 9.84 Å². The third kappa shape index (κ3) is 3.30. The first-order valence-corrected chi connectivity index (χ1v) is 6.68. The first kappa shape index (κ1) is 14.4. The van der Waals surface area contributed by atoms with Crippen molar-refractivity contribution in [3.05, 3.63) is 47.0 Å². The maximum Gasteiger partial charge on any atom is 0.137 e. The molecule has 0 aliphatic carbocycles. The van der Waals surface area contributed by atoms with E-state index in [1.165, 1.54) is 0 Å². The van der Waals surface area contributed by atoms with E-state index >= 15 is 0 Å². The minimum absolute atomic E-state index is 0.635. The van der Waals surface area contributed by atoms with Gasteiger partial charge in [0.1, 0.15) is 11.9 Å². The summed E-state index contributed by atoms with van der Waals surface area (Å²) in [5.41, 5.74) is 2.92. The molecule has 0 fully saturated rings. The third-order valence-electron chi connectivity index (χ3n) is 2.96. The van der Waals surface area contributed by atoms with Gasteiger partial charge in [-0.1, -0.05) is 6.92 Å². The van der Waals surface area contributed by atoms with Crippen molar-refractivity contribution in [2.24, 2.45) is 0 Å². The molecular formula is C15H19N3O2. The molecule has 2 aromatic rings. The van der Waals surface area contributed by atoms with E-state index in [0.717, 1.165) is 17.7 Å². The molecule has 0 aromatic carbocycles. The Balaban J connectivity index is 2.28. The van der Waals surface area contributed by atoms with E-state index in [2.05, 4.69) is 15.2 Å². The Hall–Kier alpha value is -2.01. The highest BCUT2D eigenvalue weighted by atomic mass is 16.5. The topological polar surface area (TPSA) is 68.1 Å². The van der Waals surface area contributed by atoms with Gasteiger partial charge in [-0.15, -0.1) is 0 Å².